The van der Waals surface area contributed by atoms with Crippen molar-refractivity contribution in [1.82, 2.24) is 0 Å². The molecule has 0 aromatic heterocycles. The lowest BCUT2D eigenvalue weighted by atomic mass is 9.66. The van der Waals surface area contributed by atoms with Gasteiger partial charge >= 0.3 is 0 Å². The molecule has 1 aliphatic carbocycles. The summed E-state index contributed by atoms with van der Waals surface area (Å²) in [5, 5.41) is 0. The predicted octanol–water partition coefficient (Wildman–Crippen LogP) is 5.57. The highest BCUT2D eigenvalue weighted by Gasteiger charge is 2.32. The van der Waals surface area contributed by atoms with Crippen LogP contribution in [0.1, 0.15) is 70.4 Å². The van der Waals surface area contributed by atoms with Gasteiger partial charge in [-0.05, 0) is 54.1 Å². The van der Waals surface area contributed by atoms with Gasteiger partial charge in [0, 0.05) is 0 Å². The minimum absolute atomic E-state index is 0.518. The standard InChI is InChI=1S/C18H28/c1-5-6-15-7-9-16(10-8-15)17-11-14(2)12-18(3,4)13-17/h7-10,14,17H,5-6,11-13H2,1-4H3. The molecule has 2 atom stereocenters. The van der Waals surface area contributed by atoms with E-state index < -0.39 is 0 Å². The van der Waals surface area contributed by atoms with Crippen LogP contribution in [0.25, 0.3) is 0 Å². The van der Waals surface area contributed by atoms with E-state index in [1.807, 2.05) is 0 Å². The average Bonchev–Trinajstić information content (AvgIpc) is 2.27. The van der Waals surface area contributed by atoms with Gasteiger partial charge in [0.1, 0.15) is 0 Å². The van der Waals surface area contributed by atoms with Crippen molar-refractivity contribution in [1.29, 1.82) is 0 Å². The largest absolute Gasteiger partial charge is 0.0651 e. The van der Waals surface area contributed by atoms with E-state index in [0.29, 0.717) is 5.41 Å². The second-order valence-electron chi connectivity index (χ2n) is 7.10. The normalized spacial score (nSPS) is 27.1. The van der Waals surface area contributed by atoms with Gasteiger partial charge in [0.25, 0.3) is 0 Å². The maximum Gasteiger partial charge on any atom is -0.0154 e. The van der Waals surface area contributed by atoms with E-state index in [-0.39, 0.29) is 0 Å². The highest BCUT2D eigenvalue weighted by molar-refractivity contribution is 5.26. The molecule has 1 aliphatic rings. The molecule has 0 N–H and O–H groups in total. The summed E-state index contributed by atoms with van der Waals surface area (Å²) in [7, 11) is 0. The Hall–Kier alpha value is -0.780. The molecule has 1 fully saturated rings. The lowest BCUT2D eigenvalue weighted by Crippen LogP contribution is -2.26. The molecule has 1 saturated carbocycles. The van der Waals surface area contributed by atoms with Crippen molar-refractivity contribution >= 4 is 0 Å². The van der Waals surface area contributed by atoms with Gasteiger partial charge in [-0.2, -0.15) is 0 Å². The van der Waals surface area contributed by atoms with Gasteiger partial charge in [-0.3, -0.25) is 0 Å². The first-order valence-electron chi connectivity index (χ1n) is 7.59. The summed E-state index contributed by atoms with van der Waals surface area (Å²) in [6.07, 6.45) is 6.57. The maximum absolute atomic E-state index is 2.43. The fourth-order valence-corrected chi connectivity index (χ4v) is 3.85. The molecule has 0 nitrogen and oxygen atoms in total. The van der Waals surface area contributed by atoms with E-state index in [9.17, 15) is 0 Å². The van der Waals surface area contributed by atoms with Gasteiger partial charge in [0.2, 0.25) is 0 Å². The van der Waals surface area contributed by atoms with E-state index in [0.717, 1.165) is 11.8 Å². The van der Waals surface area contributed by atoms with E-state index >= 15 is 0 Å². The molecule has 2 rings (SSSR count). The Labute approximate surface area is 113 Å². The molecule has 2 unspecified atom stereocenters. The first kappa shape index (κ1) is 13.6. The molecule has 100 valence electrons. The van der Waals surface area contributed by atoms with Gasteiger partial charge in [-0.25, -0.2) is 0 Å². The van der Waals surface area contributed by atoms with Gasteiger partial charge < -0.3 is 0 Å². The van der Waals surface area contributed by atoms with Crippen molar-refractivity contribution in [2.75, 3.05) is 0 Å². The van der Waals surface area contributed by atoms with Crippen LogP contribution in [-0.2, 0) is 6.42 Å². The summed E-state index contributed by atoms with van der Waals surface area (Å²) >= 11 is 0. The van der Waals surface area contributed by atoms with Gasteiger partial charge in [0.15, 0.2) is 0 Å². The predicted molar refractivity (Wildman–Crippen MR) is 80.0 cm³/mol. The summed E-state index contributed by atoms with van der Waals surface area (Å²) in [6, 6.07) is 9.43. The van der Waals surface area contributed by atoms with Crippen molar-refractivity contribution in [3.63, 3.8) is 0 Å². The van der Waals surface area contributed by atoms with Gasteiger partial charge in [0.05, 0.1) is 0 Å². The third-order valence-electron chi connectivity index (χ3n) is 4.38. The monoisotopic (exact) mass is 244 g/mol. The van der Waals surface area contributed by atoms with Crippen molar-refractivity contribution < 1.29 is 0 Å². The van der Waals surface area contributed by atoms with Crippen molar-refractivity contribution in [2.45, 2.75) is 65.7 Å². The second-order valence-corrected chi connectivity index (χ2v) is 7.10. The van der Waals surface area contributed by atoms with Crippen LogP contribution in [0.3, 0.4) is 0 Å². The Balaban J connectivity index is 2.10. The highest BCUT2D eigenvalue weighted by atomic mass is 14.4. The van der Waals surface area contributed by atoms with Crippen molar-refractivity contribution in [2.24, 2.45) is 11.3 Å². The minimum atomic E-state index is 0.518. The molecule has 0 heterocycles. The molecule has 1 aromatic carbocycles. The molecule has 0 saturated heterocycles. The molecule has 0 spiro atoms. The highest BCUT2D eigenvalue weighted by Crippen LogP contribution is 2.45. The Kier molecular flexibility index (Phi) is 4.14. The van der Waals surface area contributed by atoms with Gasteiger partial charge in [-0.15, -0.1) is 0 Å². The zero-order valence-electron chi connectivity index (χ0n) is 12.5. The zero-order chi connectivity index (χ0) is 13.2. The summed E-state index contributed by atoms with van der Waals surface area (Å²) in [4.78, 5) is 0. The smallest absolute Gasteiger partial charge is 0.0154 e. The lowest BCUT2D eigenvalue weighted by Gasteiger charge is -2.39. The second kappa shape index (κ2) is 5.47. The maximum atomic E-state index is 2.43. The van der Waals surface area contributed by atoms with Crippen LogP contribution in [0, 0.1) is 11.3 Å². The number of aryl methyl sites for hydroxylation is 1. The first-order valence-corrected chi connectivity index (χ1v) is 7.59. The summed E-state index contributed by atoms with van der Waals surface area (Å²) < 4.78 is 0. The summed E-state index contributed by atoms with van der Waals surface area (Å²) in [5.41, 5.74) is 3.57. The molecule has 0 amide bonds. The quantitative estimate of drug-likeness (QED) is 0.652. The Morgan fingerprint density at radius 1 is 1.11 bits per heavy atom. The van der Waals surface area contributed by atoms with Crippen molar-refractivity contribution in [3.05, 3.63) is 35.4 Å². The Morgan fingerprint density at radius 2 is 1.78 bits per heavy atom. The Bertz CT molecular complexity index is 372. The van der Waals surface area contributed by atoms with Gasteiger partial charge in [-0.1, -0.05) is 58.4 Å². The lowest BCUT2D eigenvalue weighted by molar-refractivity contribution is 0.168. The van der Waals surface area contributed by atoms with Crippen molar-refractivity contribution in [3.8, 4) is 0 Å². The van der Waals surface area contributed by atoms with Crippen LogP contribution in [0.4, 0.5) is 0 Å². The van der Waals surface area contributed by atoms with Crippen LogP contribution >= 0.6 is 0 Å². The molecule has 0 heteroatoms. The molecule has 0 radical (unpaired) electrons. The third-order valence-corrected chi connectivity index (χ3v) is 4.38. The van der Waals surface area contributed by atoms with E-state index in [2.05, 4.69) is 52.0 Å². The number of hydrogen-bond donors (Lipinski definition) is 0. The number of rotatable bonds is 3. The SMILES string of the molecule is CCCc1ccc(C2CC(C)CC(C)(C)C2)cc1. The first-order chi connectivity index (χ1) is 8.50. The van der Waals surface area contributed by atoms with Crippen LogP contribution in [0.5, 0.6) is 0 Å². The third kappa shape index (κ3) is 3.37. The van der Waals surface area contributed by atoms with Crippen LogP contribution in [-0.4, -0.2) is 0 Å². The molecule has 1 aromatic rings. The summed E-state index contributed by atoms with van der Waals surface area (Å²) in [6.45, 7) is 9.53. The van der Waals surface area contributed by atoms with E-state index in [4.69, 9.17) is 0 Å². The Morgan fingerprint density at radius 3 is 2.33 bits per heavy atom. The zero-order valence-corrected chi connectivity index (χ0v) is 12.5. The van der Waals surface area contributed by atoms with E-state index in [1.54, 1.807) is 5.56 Å². The topological polar surface area (TPSA) is 0 Å². The van der Waals surface area contributed by atoms with Crippen LogP contribution in [0.2, 0.25) is 0 Å². The molecular formula is C18H28. The fourth-order valence-electron chi connectivity index (χ4n) is 3.85. The molecule has 0 aliphatic heterocycles. The van der Waals surface area contributed by atoms with Crippen LogP contribution in [0.15, 0.2) is 24.3 Å². The van der Waals surface area contributed by atoms with E-state index in [1.165, 1.54) is 37.7 Å². The summed E-state index contributed by atoms with van der Waals surface area (Å²) in [5.74, 6) is 1.65. The average molecular weight is 244 g/mol. The number of benzene rings is 1. The molecular weight excluding hydrogens is 216 g/mol. The fraction of sp³-hybridized carbons (Fsp3) is 0.667. The van der Waals surface area contributed by atoms with Crippen LogP contribution < -0.4 is 0 Å². The minimum Gasteiger partial charge on any atom is -0.0651 e. The molecule has 18 heavy (non-hydrogen) atoms. The number of hydrogen-bond acceptors (Lipinski definition) is 0. The molecule has 0 bridgehead atoms.